The quantitative estimate of drug-likeness (QED) is 0.824. The van der Waals surface area contributed by atoms with E-state index in [0.29, 0.717) is 5.69 Å². The van der Waals surface area contributed by atoms with Gasteiger partial charge >= 0.3 is 0 Å². The fraction of sp³-hybridized carbons (Fsp3) is 0.0833. The maximum absolute atomic E-state index is 11.8. The van der Waals surface area contributed by atoms with Gasteiger partial charge in [-0.05, 0) is 5.56 Å². The van der Waals surface area contributed by atoms with Gasteiger partial charge in [-0.25, -0.2) is 9.97 Å². The van der Waals surface area contributed by atoms with Gasteiger partial charge in [0.1, 0.15) is 12.4 Å². The Kier molecular flexibility index (Phi) is 3.42. The lowest BCUT2D eigenvalue weighted by atomic mass is 10.1. The van der Waals surface area contributed by atoms with Gasteiger partial charge in [-0.1, -0.05) is 30.3 Å². The predicted octanol–water partition coefficient (Wildman–Crippen LogP) is 1.12. The minimum atomic E-state index is -0.698. The number of hydrogen-bond donors (Lipinski definition) is 2. The monoisotopic (exact) mass is 228 g/mol. The highest BCUT2D eigenvalue weighted by atomic mass is 16.2. The van der Waals surface area contributed by atoms with Crippen LogP contribution >= 0.6 is 0 Å². The number of benzene rings is 1. The molecule has 1 amide bonds. The van der Waals surface area contributed by atoms with Gasteiger partial charge in [-0.15, -0.1) is 0 Å². The Balaban J connectivity index is 2.06. The normalized spacial score (nSPS) is 11.8. The molecule has 0 fully saturated rings. The SMILES string of the molecule is N[C@H](C(=O)Nc1cncnc1)c1ccccc1. The number of carbonyl (C=O) groups excluding carboxylic acids is 1. The van der Waals surface area contributed by atoms with Gasteiger partial charge < -0.3 is 11.1 Å². The van der Waals surface area contributed by atoms with Crippen molar-refractivity contribution in [3.05, 3.63) is 54.6 Å². The van der Waals surface area contributed by atoms with E-state index in [1.54, 1.807) is 0 Å². The summed E-state index contributed by atoms with van der Waals surface area (Å²) in [5.74, 6) is -0.286. The Bertz CT molecular complexity index is 486. The van der Waals surface area contributed by atoms with E-state index in [1.807, 2.05) is 30.3 Å². The molecule has 0 radical (unpaired) electrons. The molecule has 3 N–H and O–H groups in total. The fourth-order valence-electron chi connectivity index (χ4n) is 1.40. The fourth-order valence-corrected chi connectivity index (χ4v) is 1.40. The molecule has 86 valence electrons. The van der Waals surface area contributed by atoms with E-state index in [4.69, 9.17) is 5.73 Å². The first kappa shape index (κ1) is 11.2. The number of aromatic nitrogens is 2. The highest BCUT2D eigenvalue weighted by Gasteiger charge is 2.15. The van der Waals surface area contributed by atoms with Crippen molar-refractivity contribution < 1.29 is 4.79 Å². The zero-order chi connectivity index (χ0) is 12.1. The van der Waals surface area contributed by atoms with Gasteiger partial charge in [0.05, 0.1) is 18.1 Å². The minimum absolute atomic E-state index is 0.286. The van der Waals surface area contributed by atoms with E-state index >= 15 is 0 Å². The van der Waals surface area contributed by atoms with Crippen LogP contribution < -0.4 is 11.1 Å². The summed E-state index contributed by atoms with van der Waals surface area (Å²) in [6, 6.07) is 8.48. The van der Waals surface area contributed by atoms with Crippen LogP contribution in [0.2, 0.25) is 0 Å². The molecule has 0 aliphatic rings. The Hall–Kier alpha value is -2.27. The number of nitrogens with zero attached hydrogens (tertiary/aromatic N) is 2. The van der Waals surface area contributed by atoms with Crippen molar-refractivity contribution in [2.75, 3.05) is 5.32 Å². The van der Waals surface area contributed by atoms with Crippen LogP contribution in [0.4, 0.5) is 5.69 Å². The summed E-state index contributed by atoms with van der Waals surface area (Å²) in [5.41, 5.74) is 7.13. The second-order valence-electron chi connectivity index (χ2n) is 3.50. The molecule has 17 heavy (non-hydrogen) atoms. The van der Waals surface area contributed by atoms with Gasteiger partial charge in [0.25, 0.3) is 0 Å². The molecule has 0 aliphatic carbocycles. The van der Waals surface area contributed by atoms with Crippen LogP contribution in [0.5, 0.6) is 0 Å². The van der Waals surface area contributed by atoms with E-state index in [1.165, 1.54) is 18.7 Å². The molecule has 2 aromatic rings. The van der Waals surface area contributed by atoms with Crippen molar-refractivity contribution in [2.24, 2.45) is 5.73 Å². The largest absolute Gasteiger partial charge is 0.322 e. The lowest BCUT2D eigenvalue weighted by Gasteiger charge is -2.11. The van der Waals surface area contributed by atoms with E-state index in [9.17, 15) is 4.79 Å². The third-order valence-electron chi connectivity index (χ3n) is 2.27. The van der Waals surface area contributed by atoms with Gasteiger partial charge in [0.15, 0.2) is 0 Å². The van der Waals surface area contributed by atoms with Crippen LogP contribution in [0.15, 0.2) is 49.1 Å². The summed E-state index contributed by atoms with van der Waals surface area (Å²) in [6.07, 6.45) is 4.43. The van der Waals surface area contributed by atoms with Crippen molar-refractivity contribution >= 4 is 11.6 Å². The number of rotatable bonds is 3. The molecule has 5 heteroatoms. The predicted molar refractivity (Wildman–Crippen MR) is 64.0 cm³/mol. The molecular weight excluding hydrogens is 216 g/mol. The second kappa shape index (κ2) is 5.18. The van der Waals surface area contributed by atoms with Crippen LogP contribution in [0.1, 0.15) is 11.6 Å². The maximum Gasteiger partial charge on any atom is 0.245 e. The molecule has 2 rings (SSSR count). The van der Waals surface area contributed by atoms with Crippen LogP contribution in [-0.4, -0.2) is 15.9 Å². The summed E-state index contributed by atoms with van der Waals surface area (Å²) in [6.45, 7) is 0. The highest BCUT2D eigenvalue weighted by molar-refractivity contribution is 5.95. The van der Waals surface area contributed by atoms with Crippen molar-refractivity contribution in [3.8, 4) is 0 Å². The van der Waals surface area contributed by atoms with Crippen molar-refractivity contribution in [3.63, 3.8) is 0 Å². The summed E-state index contributed by atoms with van der Waals surface area (Å²) < 4.78 is 0. The molecule has 0 unspecified atom stereocenters. The average molecular weight is 228 g/mol. The molecule has 5 nitrogen and oxygen atoms in total. The second-order valence-corrected chi connectivity index (χ2v) is 3.50. The average Bonchev–Trinajstić information content (AvgIpc) is 2.40. The van der Waals surface area contributed by atoms with Gasteiger partial charge in [0, 0.05) is 0 Å². The molecule has 0 saturated carbocycles. The molecule has 1 aromatic heterocycles. The Morgan fingerprint density at radius 1 is 1.18 bits per heavy atom. The Labute approximate surface area is 98.7 Å². The lowest BCUT2D eigenvalue weighted by molar-refractivity contribution is -0.117. The molecule has 1 heterocycles. The summed E-state index contributed by atoms with van der Waals surface area (Å²) in [5, 5.41) is 2.65. The van der Waals surface area contributed by atoms with Crippen LogP contribution in [0.25, 0.3) is 0 Å². The first-order chi connectivity index (χ1) is 8.27. The number of nitrogens with one attached hydrogen (secondary N) is 1. The van der Waals surface area contributed by atoms with Crippen LogP contribution in [-0.2, 0) is 4.79 Å². The molecule has 0 aliphatic heterocycles. The number of anilines is 1. The number of nitrogens with two attached hydrogens (primary N) is 1. The minimum Gasteiger partial charge on any atom is -0.322 e. The van der Waals surface area contributed by atoms with Crippen LogP contribution in [0, 0.1) is 0 Å². The number of amides is 1. The zero-order valence-corrected chi connectivity index (χ0v) is 9.08. The standard InChI is InChI=1S/C12H12N4O/c13-11(9-4-2-1-3-5-9)12(17)16-10-6-14-8-15-7-10/h1-8,11H,13H2,(H,16,17)/t11-/m0/s1. The molecule has 0 bridgehead atoms. The van der Waals surface area contributed by atoms with Crippen molar-refractivity contribution in [2.45, 2.75) is 6.04 Å². The number of carbonyl (C=O) groups is 1. The summed E-state index contributed by atoms with van der Waals surface area (Å²) >= 11 is 0. The van der Waals surface area contributed by atoms with E-state index in [2.05, 4.69) is 15.3 Å². The summed E-state index contributed by atoms with van der Waals surface area (Å²) in [4.78, 5) is 19.4. The van der Waals surface area contributed by atoms with Crippen molar-refractivity contribution in [1.29, 1.82) is 0 Å². The maximum atomic E-state index is 11.8. The molecule has 1 atom stereocenters. The molecule has 0 saturated heterocycles. The Morgan fingerprint density at radius 2 is 1.82 bits per heavy atom. The Morgan fingerprint density at radius 3 is 2.47 bits per heavy atom. The third-order valence-corrected chi connectivity index (χ3v) is 2.27. The third kappa shape index (κ3) is 2.85. The topological polar surface area (TPSA) is 80.9 Å². The first-order valence-corrected chi connectivity index (χ1v) is 5.14. The first-order valence-electron chi connectivity index (χ1n) is 5.14. The van der Waals surface area contributed by atoms with E-state index in [0.717, 1.165) is 5.56 Å². The zero-order valence-electron chi connectivity index (χ0n) is 9.08. The van der Waals surface area contributed by atoms with Gasteiger partial charge in [0.2, 0.25) is 5.91 Å². The van der Waals surface area contributed by atoms with Crippen LogP contribution in [0.3, 0.4) is 0 Å². The molecular formula is C12H12N4O. The highest BCUT2D eigenvalue weighted by Crippen LogP contribution is 2.12. The van der Waals surface area contributed by atoms with Gasteiger partial charge in [-0.3, -0.25) is 4.79 Å². The lowest BCUT2D eigenvalue weighted by Crippen LogP contribution is -2.27. The van der Waals surface area contributed by atoms with E-state index in [-0.39, 0.29) is 5.91 Å². The molecule has 1 aromatic carbocycles. The molecule has 0 spiro atoms. The van der Waals surface area contributed by atoms with Gasteiger partial charge in [-0.2, -0.15) is 0 Å². The van der Waals surface area contributed by atoms with E-state index < -0.39 is 6.04 Å². The number of hydrogen-bond acceptors (Lipinski definition) is 4. The van der Waals surface area contributed by atoms with Crippen molar-refractivity contribution in [1.82, 2.24) is 9.97 Å². The summed E-state index contributed by atoms with van der Waals surface area (Å²) in [7, 11) is 0. The smallest absolute Gasteiger partial charge is 0.245 e.